The second-order valence-electron chi connectivity index (χ2n) is 4.55. The summed E-state index contributed by atoms with van der Waals surface area (Å²) in [6, 6.07) is 6.50. The summed E-state index contributed by atoms with van der Waals surface area (Å²) in [6.45, 7) is 4.75. The Hall–Kier alpha value is -1.31. The molecule has 0 saturated heterocycles. The molecule has 0 amide bonds. The summed E-state index contributed by atoms with van der Waals surface area (Å²) in [6.07, 6.45) is 0.667. The summed E-state index contributed by atoms with van der Waals surface area (Å²) >= 11 is 0. The number of carbonyl (C=O) groups excluding carboxylic acids is 1. The van der Waals surface area contributed by atoms with Crippen LogP contribution < -0.4 is 4.90 Å². The first-order valence-corrected chi connectivity index (χ1v) is 5.39. The van der Waals surface area contributed by atoms with Crippen LogP contribution in [0.25, 0.3) is 0 Å². The second-order valence-corrected chi connectivity index (χ2v) is 4.55. The number of nitrogens with zero attached hydrogens (tertiary/aromatic N) is 1. The quantitative estimate of drug-likeness (QED) is 0.736. The summed E-state index contributed by atoms with van der Waals surface area (Å²) in [5.41, 5.74) is 3.90. The van der Waals surface area contributed by atoms with Crippen molar-refractivity contribution in [2.45, 2.75) is 26.2 Å². The van der Waals surface area contributed by atoms with Gasteiger partial charge in [-0.2, -0.15) is 0 Å². The van der Waals surface area contributed by atoms with Crippen molar-refractivity contribution in [3.8, 4) is 0 Å². The van der Waals surface area contributed by atoms with E-state index in [1.165, 1.54) is 16.8 Å². The number of ketones is 1. The lowest BCUT2D eigenvalue weighted by Crippen LogP contribution is -2.16. The van der Waals surface area contributed by atoms with E-state index in [9.17, 15) is 4.79 Å². The van der Waals surface area contributed by atoms with Crippen molar-refractivity contribution in [3.05, 3.63) is 29.3 Å². The predicted octanol–water partition coefficient (Wildman–Crippen LogP) is 2.51. The standard InChI is InChI=1S/C13H17NO/c1-9-4-5-13-12(6-9)11(7-10(2)15)8-14(13)3/h4-6,11H,7-8H2,1-3H3. The first-order valence-electron chi connectivity index (χ1n) is 5.39. The highest BCUT2D eigenvalue weighted by molar-refractivity contribution is 5.78. The zero-order valence-electron chi connectivity index (χ0n) is 9.58. The number of fused-ring (bicyclic) bond motifs is 1. The van der Waals surface area contributed by atoms with Crippen LogP contribution in [-0.4, -0.2) is 19.4 Å². The number of aryl methyl sites for hydroxylation is 1. The molecule has 2 nitrogen and oxygen atoms in total. The minimum atomic E-state index is 0.280. The van der Waals surface area contributed by atoms with E-state index in [2.05, 4.69) is 37.1 Å². The molecule has 80 valence electrons. The molecule has 0 aliphatic carbocycles. The molecule has 2 rings (SSSR count). The summed E-state index contributed by atoms with van der Waals surface area (Å²) in [5, 5.41) is 0. The molecular formula is C13H17NO. The molecular weight excluding hydrogens is 186 g/mol. The fourth-order valence-corrected chi connectivity index (χ4v) is 2.40. The molecule has 0 fully saturated rings. The lowest BCUT2D eigenvalue weighted by Gasteiger charge is -2.11. The van der Waals surface area contributed by atoms with Gasteiger partial charge in [-0.1, -0.05) is 17.7 Å². The molecule has 1 aromatic carbocycles. The maximum absolute atomic E-state index is 11.2. The van der Waals surface area contributed by atoms with E-state index in [1.54, 1.807) is 6.92 Å². The normalized spacial score (nSPS) is 19.1. The van der Waals surface area contributed by atoms with Gasteiger partial charge < -0.3 is 9.69 Å². The molecule has 15 heavy (non-hydrogen) atoms. The molecule has 1 atom stereocenters. The van der Waals surface area contributed by atoms with Crippen LogP contribution in [0.15, 0.2) is 18.2 Å². The lowest BCUT2D eigenvalue weighted by molar-refractivity contribution is -0.117. The fraction of sp³-hybridized carbons (Fsp3) is 0.462. The number of hydrogen-bond donors (Lipinski definition) is 0. The minimum Gasteiger partial charge on any atom is -0.374 e. The molecule has 0 saturated carbocycles. The number of rotatable bonds is 2. The van der Waals surface area contributed by atoms with Crippen molar-refractivity contribution in [1.82, 2.24) is 0 Å². The van der Waals surface area contributed by atoms with Crippen molar-refractivity contribution in [2.24, 2.45) is 0 Å². The number of Topliss-reactive ketones (excluding diaryl/α,β-unsaturated/α-hetero) is 1. The average Bonchev–Trinajstić information content (AvgIpc) is 2.42. The summed E-state index contributed by atoms with van der Waals surface area (Å²) in [4.78, 5) is 13.4. The molecule has 1 aromatic rings. The van der Waals surface area contributed by atoms with Crippen LogP contribution in [0, 0.1) is 6.92 Å². The Bertz CT molecular complexity index is 398. The molecule has 0 aromatic heterocycles. The van der Waals surface area contributed by atoms with Crippen molar-refractivity contribution in [1.29, 1.82) is 0 Å². The predicted molar refractivity (Wildman–Crippen MR) is 62.5 cm³/mol. The minimum absolute atomic E-state index is 0.280. The van der Waals surface area contributed by atoms with Gasteiger partial charge in [-0.25, -0.2) is 0 Å². The molecule has 1 unspecified atom stereocenters. The first-order chi connectivity index (χ1) is 7.08. The molecule has 0 N–H and O–H groups in total. The first kappa shape index (κ1) is 10.2. The van der Waals surface area contributed by atoms with Crippen LogP contribution in [0.4, 0.5) is 5.69 Å². The monoisotopic (exact) mass is 203 g/mol. The lowest BCUT2D eigenvalue weighted by atomic mass is 9.95. The third-order valence-electron chi connectivity index (χ3n) is 3.06. The van der Waals surface area contributed by atoms with Crippen LogP contribution in [0.1, 0.15) is 30.4 Å². The van der Waals surface area contributed by atoms with Gasteiger partial charge in [0.25, 0.3) is 0 Å². The van der Waals surface area contributed by atoms with Gasteiger partial charge in [0, 0.05) is 31.6 Å². The molecule has 0 spiro atoms. The van der Waals surface area contributed by atoms with E-state index >= 15 is 0 Å². The van der Waals surface area contributed by atoms with E-state index in [0.717, 1.165) is 6.54 Å². The van der Waals surface area contributed by atoms with Crippen molar-refractivity contribution in [2.75, 3.05) is 18.5 Å². The van der Waals surface area contributed by atoms with E-state index < -0.39 is 0 Å². The Balaban J connectivity index is 2.35. The molecule has 2 heteroatoms. The number of likely N-dealkylation sites (N-methyl/N-ethyl adjacent to an activating group) is 1. The molecule has 1 aliphatic heterocycles. The van der Waals surface area contributed by atoms with Crippen molar-refractivity contribution >= 4 is 11.5 Å². The zero-order chi connectivity index (χ0) is 11.0. The van der Waals surface area contributed by atoms with Crippen molar-refractivity contribution < 1.29 is 4.79 Å². The van der Waals surface area contributed by atoms with Crippen LogP contribution in [0.2, 0.25) is 0 Å². The number of benzene rings is 1. The Morgan fingerprint density at radius 1 is 1.53 bits per heavy atom. The van der Waals surface area contributed by atoms with Crippen LogP contribution in [0.5, 0.6) is 0 Å². The number of anilines is 1. The summed E-state index contributed by atoms with van der Waals surface area (Å²) < 4.78 is 0. The van der Waals surface area contributed by atoms with Crippen molar-refractivity contribution in [3.63, 3.8) is 0 Å². The Morgan fingerprint density at radius 3 is 2.93 bits per heavy atom. The highest BCUT2D eigenvalue weighted by Crippen LogP contribution is 2.37. The third kappa shape index (κ3) is 1.89. The Morgan fingerprint density at radius 2 is 2.27 bits per heavy atom. The number of hydrogen-bond acceptors (Lipinski definition) is 2. The molecule has 1 aliphatic rings. The highest BCUT2D eigenvalue weighted by Gasteiger charge is 2.26. The van der Waals surface area contributed by atoms with Gasteiger partial charge in [0.2, 0.25) is 0 Å². The van der Waals surface area contributed by atoms with Crippen LogP contribution >= 0.6 is 0 Å². The van der Waals surface area contributed by atoms with Gasteiger partial charge in [-0.15, -0.1) is 0 Å². The fourth-order valence-electron chi connectivity index (χ4n) is 2.40. The maximum atomic E-state index is 11.2. The van der Waals surface area contributed by atoms with E-state index in [4.69, 9.17) is 0 Å². The zero-order valence-corrected chi connectivity index (χ0v) is 9.58. The maximum Gasteiger partial charge on any atom is 0.130 e. The van der Waals surface area contributed by atoms with E-state index in [-0.39, 0.29) is 5.78 Å². The van der Waals surface area contributed by atoms with Gasteiger partial charge in [-0.05, 0) is 25.5 Å². The molecule has 0 radical (unpaired) electrons. The number of carbonyl (C=O) groups is 1. The van der Waals surface area contributed by atoms with E-state index in [0.29, 0.717) is 12.3 Å². The van der Waals surface area contributed by atoms with Gasteiger partial charge in [0.15, 0.2) is 0 Å². The average molecular weight is 203 g/mol. The smallest absolute Gasteiger partial charge is 0.130 e. The summed E-state index contributed by atoms with van der Waals surface area (Å²) in [7, 11) is 2.09. The molecule has 1 heterocycles. The van der Waals surface area contributed by atoms with Crippen LogP contribution in [0.3, 0.4) is 0 Å². The highest BCUT2D eigenvalue weighted by atomic mass is 16.1. The van der Waals surface area contributed by atoms with Gasteiger partial charge >= 0.3 is 0 Å². The van der Waals surface area contributed by atoms with Gasteiger partial charge in [-0.3, -0.25) is 0 Å². The Labute approximate surface area is 90.9 Å². The van der Waals surface area contributed by atoms with Gasteiger partial charge in [0.05, 0.1) is 0 Å². The molecule has 0 bridgehead atoms. The third-order valence-corrected chi connectivity index (χ3v) is 3.06. The summed E-state index contributed by atoms with van der Waals surface area (Å²) in [5.74, 6) is 0.671. The Kier molecular flexibility index (Phi) is 2.51. The van der Waals surface area contributed by atoms with Crippen LogP contribution in [-0.2, 0) is 4.79 Å². The SMILES string of the molecule is CC(=O)CC1CN(C)c2ccc(C)cc21. The largest absolute Gasteiger partial charge is 0.374 e. The van der Waals surface area contributed by atoms with E-state index in [1.807, 2.05) is 0 Å². The van der Waals surface area contributed by atoms with Gasteiger partial charge in [0.1, 0.15) is 5.78 Å². The second kappa shape index (κ2) is 3.69. The topological polar surface area (TPSA) is 20.3 Å².